The van der Waals surface area contributed by atoms with Gasteiger partial charge in [-0.2, -0.15) is 4.39 Å². The standard InChI is InChI=1S/C27H42F2O/c1-3-5-6-7-19-30-25-18-17-24(26(28)27(25)29)23-15-13-22(14-16-23)21-11-9-20(8-4-2)10-12-21/h17-18,20-23H,3-16,19H2,1-2H3. The lowest BCUT2D eigenvalue weighted by atomic mass is 9.68. The van der Waals surface area contributed by atoms with Crippen LogP contribution in [-0.2, 0) is 0 Å². The number of unbranched alkanes of at least 4 members (excludes halogenated alkanes) is 3. The molecule has 0 saturated heterocycles. The van der Waals surface area contributed by atoms with E-state index in [2.05, 4.69) is 13.8 Å². The molecule has 1 nitrogen and oxygen atoms in total. The van der Waals surface area contributed by atoms with Gasteiger partial charge in [0, 0.05) is 0 Å². The predicted molar refractivity (Wildman–Crippen MR) is 121 cm³/mol. The van der Waals surface area contributed by atoms with Gasteiger partial charge in [0.2, 0.25) is 5.82 Å². The van der Waals surface area contributed by atoms with Crippen molar-refractivity contribution in [3.8, 4) is 5.75 Å². The smallest absolute Gasteiger partial charge is 0.200 e. The van der Waals surface area contributed by atoms with Crippen LogP contribution in [-0.4, -0.2) is 6.61 Å². The van der Waals surface area contributed by atoms with E-state index in [0.717, 1.165) is 56.3 Å². The minimum Gasteiger partial charge on any atom is -0.490 e. The molecule has 2 aliphatic carbocycles. The lowest BCUT2D eigenvalue weighted by molar-refractivity contribution is 0.155. The molecule has 3 heteroatoms. The van der Waals surface area contributed by atoms with Crippen LogP contribution < -0.4 is 4.74 Å². The van der Waals surface area contributed by atoms with Crippen LogP contribution in [0.3, 0.4) is 0 Å². The minimum atomic E-state index is -0.792. The summed E-state index contributed by atoms with van der Waals surface area (Å²) in [6, 6.07) is 3.43. The van der Waals surface area contributed by atoms with Gasteiger partial charge in [0.1, 0.15) is 0 Å². The zero-order chi connectivity index (χ0) is 21.3. The lowest BCUT2D eigenvalue weighted by Crippen LogP contribution is -2.25. The number of hydrogen-bond donors (Lipinski definition) is 0. The van der Waals surface area contributed by atoms with Crippen molar-refractivity contribution in [2.24, 2.45) is 17.8 Å². The van der Waals surface area contributed by atoms with Gasteiger partial charge in [-0.3, -0.25) is 0 Å². The van der Waals surface area contributed by atoms with Gasteiger partial charge in [-0.15, -0.1) is 0 Å². The molecule has 0 N–H and O–H groups in total. The average molecular weight is 421 g/mol. The lowest BCUT2D eigenvalue weighted by Gasteiger charge is -2.38. The van der Waals surface area contributed by atoms with Crippen LogP contribution in [0.2, 0.25) is 0 Å². The monoisotopic (exact) mass is 420 g/mol. The van der Waals surface area contributed by atoms with E-state index in [1.54, 1.807) is 12.1 Å². The predicted octanol–water partition coefficient (Wildman–Crippen LogP) is 8.80. The third-order valence-corrected chi connectivity index (χ3v) is 7.80. The quantitative estimate of drug-likeness (QED) is 0.344. The molecule has 2 saturated carbocycles. The molecular formula is C27H42F2O. The number of ether oxygens (including phenoxy) is 1. The molecule has 170 valence electrons. The van der Waals surface area contributed by atoms with Gasteiger partial charge in [-0.25, -0.2) is 4.39 Å². The Hall–Kier alpha value is -1.12. The highest BCUT2D eigenvalue weighted by Crippen LogP contribution is 2.45. The zero-order valence-corrected chi connectivity index (χ0v) is 19.2. The molecule has 2 fully saturated rings. The van der Waals surface area contributed by atoms with E-state index in [4.69, 9.17) is 4.74 Å². The summed E-state index contributed by atoms with van der Waals surface area (Å²) in [4.78, 5) is 0. The molecule has 2 aliphatic rings. The van der Waals surface area contributed by atoms with E-state index >= 15 is 0 Å². The minimum absolute atomic E-state index is 0.0743. The van der Waals surface area contributed by atoms with E-state index in [1.807, 2.05) is 0 Å². The second-order valence-electron chi connectivity index (χ2n) is 9.87. The molecule has 0 heterocycles. The summed E-state index contributed by atoms with van der Waals surface area (Å²) < 4.78 is 34.9. The van der Waals surface area contributed by atoms with E-state index in [-0.39, 0.29) is 11.7 Å². The molecule has 0 aromatic heterocycles. The van der Waals surface area contributed by atoms with Crippen molar-refractivity contribution in [1.82, 2.24) is 0 Å². The molecule has 0 bridgehead atoms. The zero-order valence-electron chi connectivity index (χ0n) is 19.2. The topological polar surface area (TPSA) is 9.23 Å². The Kier molecular flexibility index (Phi) is 9.46. The molecule has 0 radical (unpaired) electrons. The van der Waals surface area contributed by atoms with Gasteiger partial charge in [0.05, 0.1) is 6.61 Å². The first kappa shape index (κ1) is 23.5. The van der Waals surface area contributed by atoms with E-state index in [1.165, 1.54) is 51.4 Å². The van der Waals surface area contributed by atoms with Crippen molar-refractivity contribution in [3.63, 3.8) is 0 Å². The molecule has 1 aromatic rings. The first-order chi connectivity index (χ1) is 14.6. The highest BCUT2D eigenvalue weighted by Gasteiger charge is 2.32. The summed E-state index contributed by atoms with van der Waals surface area (Å²) in [6.07, 6.45) is 16.9. The maximum atomic E-state index is 14.8. The molecular weight excluding hydrogens is 378 g/mol. The SMILES string of the molecule is CCCCCCOc1ccc(C2CCC(C3CCC(CCC)CC3)CC2)c(F)c1F. The van der Waals surface area contributed by atoms with Crippen molar-refractivity contribution < 1.29 is 13.5 Å². The van der Waals surface area contributed by atoms with Crippen LogP contribution in [0.4, 0.5) is 8.78 Å². The molecule has 0 atom stereocenters. The van der Waals surface area contributed by atoms with Crippen LogP contribution in [0.1, 0.15) is 115 Å². The van der Waals surface area contributed by atoms with Gasteiger partial charge < -0.3 is 4.74 Å². The van der Waals surface area contributed by atoms with Gasteiger partial charge in [0.15, 0.2) is 11.6 Å². The van der Waals surface area contributed by atoms with Gasteiger partial charge in [0.25, 0.3) is 0 Å². The Morgan fingerprint density at radius 2 is 1.43 bits per heavy atom. The fraction of sp³-hybridized carbons (Fsp3) is 0.778. The Bertz CT molecular complexity index is 628. The maximum absolute atomic E-state index is 14.8. The maximum Gasteiger partial charge on any atom is 0.200 e. The van der Waals surface area contributed by atoms with Crippen LogP contribution in [0.5, 0.6) is 5.75 Å². The first-order valence-electron chi connectivity index (χ1n) is 12.7. The highest BCUT2D eigenvalue weighted by atomic mass is 19.2. The Morgan fingerprint density at radius 3 is 2.07 bits per heavy atom. The number of hydrogen-bond acceptors (Lipinski definition) is 1. The van der Waals surface area contributed by atoms with Gasteiger partial charge in [-0.1, -0.05) is 64.9 Å². The molecule has 0 spiro atoms. The summed E-state index contributed by atoms with van der Waals surface area (Å²) in [6.45, 7) is 4.91. The Labute approximate surface area is 183 Å². The second-order valence-corrected chi connectivity index (χ2v) is 9.87. The van der Waals surface area contributed by atoms with Crippen molar-refractivity contribution in [3.05, 3.63) is 29.3 Å². The molecule has 3 rings (SSSR count). The van der Waals surface area contributed by atoms with Gasteiger partial charge >= 0.3 is 0 Å². The van der Waals surface area contributed by atoms with E-state index in [9.17, 15) is 8.78 Å². The largest absolute Gasteiger partial charge is 0.490 e. The Morgan fingerprint density at radius 1 is 0.767 bits per heavy atom. The number of rotatable bonds is 10. The fourth-order valence-electron chi connectivity index (χ4n) is 5.94. The van der Waals surface area contributed by atoms with Crippen LogP contribution in [0.25, 0.3) is 0 Å². The van der Waals surface area contributed by atoms with Crippen LogP contribution in [0.15, 0.2) is 12.1 Å². The highest BCUT2D eigenvalue weighted by molar-refractivity contribution is 5.33. The summed E-state index contributed by atoms with van der Waals surface area (Å²) in [5, 5.41) is 0. The summed E-state index contributed by atoms with van der Waals surface area (Å²) in [5.41, 5.74) is 0.566. The third-order valence-electron chi connectivity index (χ3n) is 7.80. The van der Waals surface area contributed by atoms with E-state index < -0.39 is 11.6 Å². The summed E-state index contributed by atoms with van der Waals surface area (Å²) in [5.74, 6) is 1.37. The normalized spacial score (nSPS) is 27.2. The van der Waals surface area contributed by atoms with Crippen molar-refractivity contribution in [2.45, 2.75) is 110 Å². The molecule has 1 aromatic carbocycles. The van der Waals surface area contributed by atoms with Crippen molar-refractivity contribution >= 4 is 0 Å². The Balaban J connectivity index is 1.49. The van der Waals surface area contributed by atoms with Crippen LogP contribution in [0, 0.1) is 29.4 Å². The number of benzene rings is 1. The fourth-order valence-corrected chi connectivity index (χ4v) is 5.94. The van der Waals surface area contributed by atoms with Gasteiger partial charge in [-0.05, 0) is 80.2 Å². The molecule has 30 heavy (non-hydrogen) atoms. The van der Waals surface area contributed by atoms with E-state index in [0.29, 0.717) is 12.2 Å². The second kappa shape index (κ2) is 12.1. The molecule has 0 amide bonds. The van der Waals surface area contributed by atoms with Crippen LogP contribution >= 0.6 is 0 Å². The molecule has 0 aliphatic heterocycles. The average Bonchev–Trinajstić information content (AvgIpc) is 2.77. The summed E-state index contributed by atoms with van der Waals surface area (Å²) >= 11 is 0. The summed E-state index contributed by atoms with van der Waals surface area (Å²) in [7, 11) is 0. The molecule has 0 unspecified atom stereocenters. The third kappa shape index (κ3) is 6.20. The number of halogens is 2. The first-order valence-corrected chi connectivity index (χ1v) is 12.7. The van der Waals surface area contributed by atoms with Crippen molar-refractivity contribution in [2.75, 3.05) is 6.61 Å². The van der Waals surface area contributed by atoms with Crippen molar-refractivity contribution in [1.29, 1.82) is 0 Å².